The predicted octanol–water partition coefficient (Wildman–Crippen LogP) is 0.0663. The van der Waals surface area contributed by atoms with Crippen LogP contribution >= 0.6 is 0 Å². The molecule has 1 aliphatic heterocycles. The Hall–Kier alpha value is -1.75. The molecule has 0 unspecified atom stereocenters. The van der Waals surface area contributed by atoms with Crippen molar-refractivity contribution in [3.8, 4) is 11.5 Å². The minimum Gasteiger partial charge on any atom is -0.454 e. The van der Waals surface area contributed by atoms with Gasteiger partial charge in [0, 0.05) is 6.54 Å². The molecule has 2 N–H and O–H groups in total. The van der Waals surface area contributed by atoms with Crippen LogP contribution in [-0.4, -0.2) is 31.0 Å². The van der Waals surface area contributed by atoms with Crippen LogP contribution in [0.25, 0.3) is 0 Å². The van der Waals surface area contributed by atoms with Gasteiger partial charge >= 0.3 is 0 Å². The molecular weight excluding hydrogens is 210 g/mol. The lowest BCUT2D eigenvalue weighted by molar-refractivity contribution is -0.123. The number of aliphatic hydroxyl groups excluding tert-OH is 1. The minimum absolute atomic E-state index is 0.264. The van der Waals surface area contributed by atoms with Crippen molar-refractivity contribution in [1.82, 2.24) is 5.32 Å². The zero-order valence-electron chi connectivity index (χ0n) is 8.73. The molecule has 1 heterocycles. The SMILES string of the molecule is O=C(CO)NCCc1ccc2c(c1)OCO2. The maximum atomic E-state index is 10.8. The van der Waals surface area contributed by atoms with Crippen LogP contribution in [-0.2, 0) is 11.2 Å². The summed E-state index contributed by atoms with van der Waals surface area (Å²) in [7, 11) is 0. The first-order valence-electron chi connectivity index (χ1n) is 5.05. The van der Waals surface area contributed by atoms with Crippen LogP contribution in [0, 0.1) is 0 Å². The molecule has 0 radical (unpaired) electrons. The van der Waals surface area contributed by atoms with E-state index in [1.807, 2.05) is 18.2 Å². The lowest BCUT2D eigenvalue weighted by Gasteiger charge is -2.04. The van der Waals surface area contributed by atoms with Crippen LogP contribution in [0.5, 0.6) is 11.5 Å². The highest BCUT2D eigenvalue weighted by Crippen LogP contribution is 2.32. The molecule has 16 heavy (non-hydrogen) atoms. The van der Waals surface area contributed by atoms with Gasteiger partial charge in [-0.25, -0.2) is 0 Å². The summed E-state index contributed by atoms with van der Waals surface area (Å²) in [6.45, 7) is 0.292. The molecule has 0 saturated carbocycles. The van der Waals surface area contributed by atoms with E-state index in [9.17, 15) is 4.79 Å². The molecule has 1 aromatic rings. The molecular formula is C11H13NO4. The Morgan fingerprint density at radius 1 is 1.38 bits per heavy atom. The van der Waals surface area contributed by atoms with E-state index >= 15 is 0 Å². The second-order valence-corrected chi connectivity index (χ2v) is 3.45. The molecule has 1 amide bonds. The second-order valence-electron chi connectivity index (χ2n) is 3.45. The fourth-order valence-corrected chi connectivity index (χ4v) is 1.50. The van der Waals surface area contributed by atoms with E-state index in [4.69, 9.17) is 14.6 Å². The lowest BCUT2D eigenvalue weighted by atomic mass is 10.1. The molecule has 2 rings (SSSR count). The largest absolute Gasteiger partial charge is 0.454 e. The molecule has 1 aliphatic rings. The Labute approximate surface area is 93.0 Å². The van der Waals surface area contributed by atoms with Crippen LogP contribution in [0.1, 0.15) is 5.56 Å². The molecule has 0 aliphatic carbocycles. The average Bonchev–Trinajstić information content (AvgIpc) is 2.76. The summed E-state index contributed by atoms with van der Waals surface area (Å²) < 4.78 is 10.4. The highest BCUT2D eigenvalue weighted by Gasteiger charge is 2.12. The number of fused-ring (bicyclic) bond motifs is 1. The molecule has 0 fully saturated rings. The van der Waals surface area contributed by atoms with Gasteiger partial charge in [0.15, 0.2) is 11.5 Å². The number of carbonyl (C=O) groups is 1. The van der Waals surface area contributed by atoms with Gasteiger partial charge in [-0.3, -0.25) is 4.79 Å². The molecule has 5 nitrogen and oxygen atoms in total. The van der Waals surface area contributed by atoms with Crippen molar-refractivity contribution < 1.29 is 19.4 Å². The number of aliphatic hydroxyl groups is 1. The summed E-state index contributed by atoms with van der Waals surface area (Å²) in [5, 5.41) is 11.1. The van der Waals surface area contributed by atoms with Gasteiger partial charge in [-0.2, -0.15) is 0 Å². The van der Waals surface area contributed by atoms with Crippen molar-refractivity contribution in [2.45, 2.75) is 6.42 Å². The molecule has 0 aromatic heterocycles. The zero-order chi connectivity index (χ0) is 11.4. The van der Waals surface area contributed by atoms with Crippen LogP contribution in [0.4, 0.5) is 0 Å². The molecule has 5 heteroatoms. The molecule has 0 atom stereocenters. The van der Waals surface area contributed by atoms with Crippen molar-refractivity contribution in [2.75, 3.05) is 19.9 Å². The average molecular weight is 223 g/mol. The normalized spacial score (nSPS) is 12.6. The maximum absolute atomic E-state index is 10.8. The van der Waals surface area contributed by atoms with Gasteiger partial charge in [-0.1, -0.05) is 6.07 Å². The monoisotopic (exact) mass is 223 g/mol. The third-order valence-corrected chi connectivity index (χ3v) is 2.32. The van der Waals surface area contributed by atoms with Crippen molar-refractivity contribution in [3.05, 3.63) is 23.8 Å². The Morgan fingerprint density at radius 2 is 2.19 bits per heavy atom. The van der Waals surface area contributed by atoms with E-state index in [1.165, 1.54) is 0 Å². The number of ether oxygens (including phenoxy) is 2. The van der Waals surface area contributed by atoms with E-state index < -0.39 is 6.61 Å². The van der Waals surface area contributed by atoms with Crippen molar-refractivity contribution in [1.29, 1.82) is 0 Å². The van der Waals surface area contributed by atoms with Crippen molar-refractivity contribution in [3.63, 3.8) is 0 Å². The Kier molecular flexibility index (Phi) is 3.26. The maximum Gasteiger partial charge on any atom is 0.245 e. The van der Waals surface area contributed by atoms with E-state index in [0.717, 1.165) is 17.1 Å². The molecule has 1 aromatic carbocycles. The summed E-state index contributed by atoms with van der Waals surface area (Å²) in [5.41, 5.74) is 1.06. The van der Waals surface area contributed by atoms with Gasteiger partial charge in [0.1, 0.15) is 6.61 Å². The van der Waals surface area contributed by atoms with Gasteiger partial charge in [0.25, 0.3) is 0 Å². The summed E-state index contributed by atoms with van der Waals surface area (Å²) in [6, 6.07) is 5.68. The van der Waals surface area contributed by atoms with Crippen LogP contribution in [0.2, 0.25) is 0 Å². The minimum atomic E-state index is -0.471. The van der Waals surface area contributed by atoms with Crippen LogP contribution in [0.3, 0.4) is 0 Å². The van der Waals surface area contributed by atoms with E-state index in [2.05, 4.69) is 5.32 Å². The highest BCUT2D eigenvalue weighted by atomic mass is 16.7. The Bertz CT molecular complexity index is 392. The number of benzene rings is 1. The number of carbonyl (C=O) groups excluding carboxylic acids is 1. The second kappa shape index (κ2) is 4.85. The molecule has 0 saturated heterocycles. The number of hydrogen-bond donors (Lipinski definition) is 2. The predicted molar refractivity (Wildman–Crippen MR) is 56.4 cm³/mol. The summed E-state index contributed by atoms with van der Waals surface area (Å²) in [4.78, 5) is 10.8. The molecule has 0 bridgehead atoms. The number of amides is 1. The molecule has 86 valence electrons. The fraction of sp³-hybridized carbons (Fsp3) is 0.364. The van der Waals surface area contributed by atoms with Gasteiger partial charge in [-0.05, 0) is 24.1 Å². The number of rotatable bonds is 4. The van der Waals surface area contributed by atoms with Gasteiger partial charge in [0.05, 0.1) is 0 Å². The first kappa shape index (κ1) is 10.8. The van der Waals surface area contributed by atoms with Gasteiger partial charge in [-0.15, -0.1) is 0 Å². The highest BCUT2D eigenvalue weighted by molar-refractivity contribution is 5.76. The quantitative estimate of drug-likeness (QED) is 0.757. The van der Waals surface area contributed by atoms with Crippen molar-refractivity contribution >= 4 is 5.91 Å². The third-order valence-electron chi connectivity index (χ3n) is 2.32. The van der Waals surface area contributed by atoms with Crippen LogP contribution < -0.4 is 14.8 Å². The first-order chi connectivity index (χ1) is 7.79. The van der Waals surface area contributed by atoms with Crippen molar-refractivity contribution in [2.24, 2.45) is 0 Å². The summed E-state index contributed by atoms with van der Waals surface area (Å²) >= 11 is 0. The Morgan fingerprint density at radius 3 is 3.00 bits per heavy atom. The van der Waals surface area contributed by atoms with E-state index in [1.54, 1.807) is 0 Å². The van der Waals surface area contributed by atoms with Crippen LogP contribution in [0.15, 0.2) is 18.2 Å². The Balaban J connectivity index is 1.88. The number of nitrogens with one attached hydrogen (secondary N) is 1. The zero-order valence-corrected chi connectivity index (χ0v) is 8.73. The standard InChI is InChI=1S/C11H13NO4/c13-6-11(14)12-4-3-8-1-2-9-10(5-8)16-7-15-9/h1-2,5,13H,3-4,6-7H2,(H,12,14). The first-order valence-corrected chi connectivity index (χ1v) is 5.05. The number of hydrogen-bond acceptors (Lipinski definition) is 4. The van der Waals surface area contributed by atoms with E-state index in [0.29, 0.717) is 13.0 Å². The smallest absolute Gasteiger partial charge is 0.245 e. The summed E-state index contributed by atoms with van der Waals surface area (Å²) in [5.74, 6) is 1.13. The van der Waals surface area contributed by atoms with Gasteiger partial charge < -0.3 is 19.9 Å². The topological polar surface area (TPSA) is 67.8 Å². The fourth-order valence-electron chi connectivity index (χ4n) is 1.50. The van der Waals surface area contributed by atoms with E-state index in [-0.39, 0.29) is 12.7 Å². The van der Waals surface area contributed by atoms with Gasteiger partial charge in [0.2, 0.25) is 12.7 Å². The molecule has 0 spiro atoms. The summed E-state index contributed by atoms with van der Waals surface area (Å²) in [6.07, 6.45) is 0.697. The third kappa shape index (κ3) is 2.43. The lowest BCUT2D eigenvalue weighted by Crippen LogP contribution is -2.28.